The predicted molar refractivity (Wildman–Crippen MR) is 81.8 cm³/mol. The van der Waals surface area contributed by atoms with Gasteiger partial charge in [-0.2, -0.15) is 0 Å². The fourth-order valence-corrected chi connectivity index (χ4v) is 2.55. The zero-order valence-electron chi connectivity index (χ0n) is 10.5. The first kappa shape index (κ1) is 12.2. The lowest BCUT2D eigenvalue weighted by atomic mass is 10.1. The van der Waals surface area contributed by atoms with Crippen LogP contribution in [0.3, 0.4) is 0 Å². The van der Waals surface area contributed by atoms with Gasteiger partial charge in [-0.05, 0) is 15.9 Å². The summed E-state index contributed by atoms with van der Waals surface area (Å²) in [4.78, 5) is 4.64. The fraction of sp³-hybridized carbons (Fsp3) is 0.0625. The standard InChI is InChI=1S/C16H13BrN2/c1-19-15(13-10-6-3-7-11-13)14(18-16(19)17)12-8-4-2-5-9-12/h2-11H,1H3. The molecule has 3 rings (SSSR count). The van der Waals surface area contributed by atoms with Crippen LogP contribution in [0.25, 0.3) is 22.5 Å². The second-order valence-electron chi connectivity index (χ2n) is 4.37. The maximum atomic E-state index is 4.64. The maximum Gasteiger partial charge on any atom is 0.177 e. The molecule has 3 heteroatoms. The highest BCUT2D eigenvalue weighted by Crippen LogP contribution is 2.33. The van der Waals surface area contributed by atoms with Crippen molar-refractivity contribution in [1.82, 2.24) is 9.55 Å². The minimum atomic E-state index is 0.838. The van der Waals surface area contributed by atoms with E-state index in [0.717, 1.165) is 21.7 Å². The summed E-state index contributed by atoms with van der Waals surface area (Å²) in [6.07, 6.45) is 0. The molecule has 1 aromatic heterocycles. The second-order valence-corrected chi connectivity index (χ2v) is 5.08. The largest absolute Gasteiger partial charge is 0.321 e. The number of imidazole rings is 1. The van der Waals surface area contributed by atoms with Gasteiger partial charge >= 0.3 is 0 Å². The quantitative estimate of drug-likeness (QED) is 0.680. The topological polar surface area (TPSA) is 17.8 Å². The Bertz CT molecular complexity index is 688. The average molecular weight is 313 g/mol. The molecule has 0 aliphatic rings. The van der Waals surface area contributed by atoms with E-state index in [1.807, 2.05) is 43.4 Å². The van der Waals surface area contributed by atoms with Gasteiger partial charge in [0.15, 0.2) is 4.73 Å². The number of hydrogen-bond acceptors (Lipinski definition) is 1. The van der Waals surface area contributed by atoms with E-state index in [-0.39, 0.29) is 0 Å². The molecule has 0 atom stereocenters. The van der Waals surface area contributed by atoms with E-state index >= 15 is 0 Å². The molecular weight excluding hydrogens is 300 g/mol. The smallest absolute Gasteiger partial charge is 0.177 e. The van der Waals surface area contributed by atoms with Crippen LogP contribution in [-0.4, -0.2) is 9.55 Å². The third kappa shape index (κ3) is 2.22. The molecule has 0 amide bonds. The number of hydrogen-bond donors (Lipinski definition) is 0. The van der Waals surface area contributed by atoms with Crippen molar-refractivity contribution in [2.45, 2.75) is 0 Å². The Balaban J connectivity index is 2.25. The van der Waals surface area contributed by atoms with Crippen molar-refractivity contribution in [1.29, 1.82) is 0 Å². The van der Waals surface area contributed by atoms with Crippen molar-refractivity contribution in [3.63, 3.8) is 0 Å². The van der Waals surface area contributed by atoms with Gasteiger partial charge in [-0.15, -0.1) is 0 Å². The molecule has 2 nitrogen and oxygen atoms in total. The molecule has 0 saturated heterocycles. The zero-order valence-corrected chi connectivity index (χ0v) is 12.1. The van der Waals surface area contributed by atoms with Crippen LogP contribution in [0, 0.1) is 0 Å². The monoisotopic (exact) mass is 312 g/mol. The Kier molecular flexibility index (Phi) is 3.22. The van der Waals surface area contributed by atoms with Crippen molar-refractivity contribution in [2.24, 2.45) is 7.05 Å². The van der Waals surface area contributed by atoms with Crippen LogP contribution >= 0.6 is 15.9 Å². The Hall–Kier alpha value is -1.87. The summed E-state index contributed by atoms with van der Waals surface area (Å²) >= 11 is 3.51. The highest BCUT2D eigenvalue weighted by atomic mass is 79.9. The Morgan fingerprint density at radius 1 is 0.842 bits per heavy atom. The summed E-state index contributed by atoms with van der Waals surface area (Å²) in [6.45, 7) is 0. The van der Waals surface area contributed by atoms with Crippen LogP contribution in [0.15, 0.2) is 65.4 Å². The van der Waals surface area contributed by atoms with Gasteiger partial charge < -0.3 is 4.57 Å². The van der Waals surface area contributed by atoms with E-state index in [1.165, 1.54) is 5.56 Å². The molecule has 0 aliphatic heterocycles. The Labute approximate surface area is 120 Å². The molecule has 0 radical (unpaired) electrons. The normalized spacial score (nSPS) is 10.6. The SMILES string of the molecule is Cn1c(Br)nc(-c2ccccc2)c1-c1ccccc1. The van der Waals surface area contributed by atoms with Crippen LogP contribution in [0.1, 0.15) is 0 Å². The fourth-order valence-electron chi connectivity index (χ4n) is 2.19. The van der Waals surface area contributed by atoms with Gasteiger partial charge in [0.05, 0.1) is 11.4 Å². The van der Waals surface area contributed by atoms with Crippen LogP contribution < -0.4 is 0 Å². The van der Waals surface area contributed by atoms with Crippen molar-refractivity contribution in [2.75, 3.05) is 0 Å². The van der Waals surface area contributed by atoms with Gasteiger partial charge in [-0.3, -0.25) is 0 Å². The van der Waals surface area contributed by atoms with Crippen molar-refractivity contribution in [3.8, 4) is 22.5 Å². The molecule has 0 aliphatic carbocycles. The third-order valence-corrected chi connectivity index (χ3v) is 3.84. The van der Waals surface area contributed by atoms with Gasteiger partial charge in [0.2, 0.25) is 0 Å². The maximum absolute atomic E-state index is 4.64. The lowest BCUT2D eigenvalue weighted by Crippen LogP contribution is -1.92. The van der Waals surface area contributed by atoms with Gasteiger partial charge in [-0.1, -0.05) is 60.7 Å². The molecule has 0 saturated carbocycles. The average Bonchev–Trinajstić information content (AvgIpc) is 2.77. The van der Waals surface area contributed by atoms with E-state index in [4.69, 9.17) is 0 Å². The molecule has 0 N–H and O–H groups in total. The van der Waals surface area contributed by atoms with Gasteiger partial charge in [0, 0.05) is 18.2 Å². The molecule has 0 fully saturated rings. The molecule has 94 valence electrons. The summed E-state index contributed by atoms with van der Waals surface area (Å²) in [7, 11) is 2.02. The number of aromatic nitrogens is 2. The molecule has 3 aromatic rings. The van der Waals surface area contributed by atoms with E-state index in [0.29, 0.717) is 0 Å². The first-order chi connectivity index (χ1) is 9.27. The summed E-state index contributed by atoms with van der Waals surface area (Å²) in [5.74, 6) is 0. The van der Waals surface area contributed by atoms with E-state index in [9.17, 15) is 0 Å². The minimum absolute atomic E-state index is 0.838. The number of rotatable bonds is 2. The lowest BCUT2D eigenvalue weighted by molar-refractivity contribution is 0.889. The zero-order chi connectivity index (χ0) is 13.2. The van der Waals surface area contributed by atoms with Crippen LogP contribution in [0.5, 0.6) is 0 Å². The van der Waals surface area contributed by atoms with Crippen LogP contribution in [-0.2, 0) is 7.05 Å². The van der Waals surface area contributed by atoms with E-state index in [2.05, 4.69) is 49.7 Å². The summed E-state index contributed by atoms with van der Waals surface area (Å²) in [5, 5.41) is 0. The van der Waals surface area contributed by atoms with Crippen LogP contribution in [0.2, 0.25) is 0 Å². The summed E-state index contributed by atoms with van der Waals surface area (Å²) < 4.78 is 2.91. The summed E-state index contributed by atoms with van der Waals surface area (Å²) in [5.41, 5.74) is 4.42. The van der Waals surface area contributed by atoms with E-state index < -0.39 is 0 Å². The second kappa shape index (κ2) is 5.02. The third-order valence-electron chi connectivity index (χ3n) is 3.14. The number of benzene rings is 2. The molecule has 1 heterocycles. The van der Waals surface area contributed by atoms with Gasteiger partial charge in [-0.25, -0.2) is 4.98 Å². The van der Waals surface area contributed by atoms with Crippen LogP contribution in [0.4, 0.5) is 0 Å². The van der Waals surface area contributed by atoms with E-state index in [1.54, 1.807) is 0 Å². The highest BCUT2D eigenvalue weighted by molar-refractivity contribution is 9.10. The number of halogens is 1. The number of nitrogens with zero attached hydrogens (tertiary/aromatic N) is 2. The molecule has 2 aromatic carbocycles. The van der Waals surface area contributed by atoms with Crippen molar-refractivity contribution in [3.05, 3.63) is 65.4 Å². The predicted octanol–water partition coefficient (Wildman–Crippen LogP) is 4.52. The van der Waals surface area contributed by atoms with Crippen molar-refractivity contribution >= 4 is 15.9 Å². The Morgan fingerprint density at radius 3 is 1.95 bits per heavy atom. The minimum Gasteiger partial charge on any atom is -0.321 e. The first-order valence-electron chi connectivity index (χ1n) is 6.10. The van der Waals surface area contributed by atoms with Gasteiger partial charge in [0.1, 0.15) is 0 Å². The lowest BCUT2D eigenvalue weighted by Gasteiger charge is -2.06. The van der Waals surface area contributed by atoms with Gasteiger partial charge in [0.25, 0.3) is 0 Å². The molecule has 0 unspecified atom stereocenters. The van der Waals surface area contributed by atoms with Crippen molar-refractivity contribution < 1.29 is 0 Å². The molecular formula is C16H13BrN2. The molecule has 19 heavy (non-hydrogen) atoms. The molecule has 0 spiro atoms. The highest BCUT2D eigenvalue weighted by Gasteiger charge is 2.15. The Morgan fingerprint density at radius 2 is 1.37 bits per heavy atom. The molecule has 0 bridgehead atoms. The first-order valence-corrected chi connectivity index (χ1v) is 6.89. The summed E-state index contributed by atoms with van der Waals surface area (Å²) in [6, 6.07) is 20.6.